The van der Waals surface area contributed by atoms with Crippen LogP contribution in [0, 0.1) is 5.92 Å². The molecule has 2 fully saturated rings. The van der Waals surface area contributed by atoms with Gasteiger partial charge in [0.1, 0.15) is 0 Å². The topological polar surface area (TPSA) is 29.5 Å². The minimum Gasteiger partial charge on any atom is -0.466 e. The number of carbonyl (C=O) groups is 1. The van der Waals surface area contributed by atoms with Crippen molar-refractivity contribution in [3.8, 4) is 0 Å². The van der Waals surface area contributed by atoms with Crippen LogP contribution in [0.2, 0.25) is 0 Å². The Bertz CT molecular complexity index is 236. The Labute approximate surface area is 98.1 Å². The van der Waals surface area contributed by atoms with Gasteiger partial charge in [0, 0.05) is 6.04 Å². The predicted octanol–water partition coefficient (Wildman–Crippen LogP) is 2.20. The number of hydrogen-bond acceptors (Lipinski definition) is 3. The summed E-state index contributed by atoms with van der Waals surface area (Å²) in [4.78, 5) is 14.4. The van der Waals surface area contributed by atoms with Crippen LogP contribution in [-0.2, 0) is 9.53 Å². The van der Waals surface area contributed by atoms with Gasteiger partial charge in [-0.05, 0) is 45.7 Å². The highest BCUT2D eigenvalue weighted by molar-refractivity contribution is 5.73. The van der Waals surface area contributed by atoms with Crippen LogP contribution in [0.1, 0.15) is 45.4 Å². The molecule has 2 unspecified atom stereocenters. The lowest BCUT2D eigenvalue weighted by molar-refractivity contribution is -0.151. The maximum absolute atomic E-state index is 11.9. The van der Waals surface area contributed by atoms with Crippen molar-refractivity contribution in [3.05, 3.63) is 0 Å². The molecule has 0 spiro atoms. The molecule has 0 N–H and O–H groups in total. The van der Waals surface area contributed by atoms with Crippen LogP contribution in [0.25, 0.3) is 0 Å². The first-order valence-corrected chi connectivity index (χ1v) is 6.73. The molecule has 2 rings (SSSR count). The van der Waals surface area contributed by atoms with E-state index < -0.39 is 0 Å². The maximum Gasteiger partial charge on any atom is 0.310 e. The molecule has 0 bridgehead atoms. The molecule has 1 aliphatic heterocycles. The summed E-state index contributed by atoms with van der Waals surface area (Å²) in [6.07, 6.45) is 7.27. The predicted molar refractivity (Wildman–Crippen MR) is 63.2 cm³/mol. The van der Waals surface area contributed by atoms with E-state index in [-0.39, 0.29) is 11.9 Å². The Morgan fingerprint density at radius 2 is 1.88 bits per heavy atom. The fraction of sp³-hybridized carbons (Fsp3) is 0.923. The summed E-state index contributed by atoms with van der Waals surface area (Å²) in [5, 5.41) is 0. The molecule has 2 atom stereocenters. The Morgan fingerprint density at radius 3 is 2.56 bits per heavy atom. The molecule has 0 aromatic carbocycles. The van der Waals surface area contributed by atoms with Gasteiger partial charge in [0.25, 0.3) is 0 Å². The minimum atomic E-state index is 0.0408. The van der Waals surface area contributed by atoms with Gasteiger partial charge in [-0.2, -0.15) is 0 Å². The Kier molecular flexibility index (Phi) is 4.22. The maximum atomic E-state index is 11.9. The van der Waals surface area contributed by atoms with Crippen molar-refractivity contribution in [3.63, 3.8) is 0 Å². The van der Waals surface area contributed by atoms with Gasteiger partial charge in [-0.25, -0.2) is 0 Å². The molecule has 1 heterocycles. The Morgan fingerprint density at radius 1 is 1.19 bits per heavy atom. The first-order chi connectivity index (χ1) is 7.83. The van der Waals surface area contributed by atoms with Crippen molar-refractivity contribution in [2.24, 2.45) is 5.92 Å². The summed E-state index contributed by atoms with van der Waals surface area (Å²) < 4.78 is 5.21. The average Bonchev–Trinajstić information content (AvgIpc) is 2.83. The van der Waals surface area contributed by atoms with Crippen LogP contribution >= 0.6 is 0 Å². The van der Waals surface area contributed by atoms with E-state index in [9.17, 15) is 4.79 Å². The van der Waals surface area contributed by atoms with E-state index in [1.807, 2.05) is 6.92 Å². The third-order valence-electron chi connectivity index (χ3n) is 3.93. The molecular formula is C13H23NO2. The highest BCUT2D eigenvalue weighted by Crippen LogP contribution is 2.31. The SMILES string of the molecule is CCOC(=O)C1CCCCC1N1CCCC1. The van der Waals surface area contributed by atoms with Gasteiger partial charge < -0.3 is 4.74 Å². The molecule has 3 heteroatoms. The fourth-order valence-corrected chi connectivity index (χ4v) is 3.15. The van der Waals surface area contributed by atoms with E-state index in [1.54, 1.807) is 0 Å². The molecule has 92 valence electrons. The second-order valence-corrected chi connectivity index (χ2v) is 4.95. The van der Waals surface area contributed by atoms with Crippen molar-refractivity contribution in [2.45, 2.75) is 51.5 Å². The zero-order valence-corrected chi connectivity index (χ0v) is 10.3. The van der Waals surface area contributed by atoms with Gasteiger partial charge in [-0.1, -0.05) is 12.8 Å². The van der Waals surface area contributed by atoms with Crippen LogP contribution in [-0.4, -0.2) is 36.6 Å². The van der Waals surface area contributed by atoms with Gasteiger partial charge in [0.2, 0.25) is 0 Å². The number of hydrogen-bond donors (Lipinski definition) is 0. The quantitative estimate of drug-likeness (QED) is 0.690. The third kappa shape index (κ3) is 2.57. The molecule has 1 saturated heterocycles. The largest absolute Gasteiger partial charge is 0.466 e. The van der Waals surface area contributed by atoms with Crippen LogP contribution in [0.15, 0.2) is 0 Å². The molecule has 0 aromatic heterocycles. The second-order valence-electron chi connectivity index (χ2n) is 4.95. The molecule has 0 aromatic rings. The number of carbonyl (C=O) groups excluding carboxylic acids is 1. The van der Waals surface area contributed by atoms with E-state index in [1.165, 1.54) is 45.2 Å². The van der Waals surface area contributed by atoms with Crippen molar-refractivity contribution in [2.75, 3.05) is 19.7 Å². The number of ether oxygens (including phenoxy) is 1. The van der Waals surface area contributed by atoms with Crippen LogP contribution in [0.5, 0.6) is 0 Å². The van der Waals surface area contributed by atoms with Crippen LogP contribution in [0.3, 0.4) is 0 Å². The lowest BCUT2D eigenvalue weighted by atomic mass is 9.83. The summed E-state index contributed by atoms with van der Waals surface area (Å²) >= 11 is 0. The lowest BCUT2D eigenvalue weighted by Gasteiger charge is -2.36. The zero-order valence-electron chi connectivity index (χ0n) is 10.3. The molecule has 2 aliphatic rings. The van der Waals surface area contributed by atoms with Gasteiger partial charge in [-0.15, -0.1) is 0 Å². The van der Waals surface area contributed by atoms with Gasteiger partial charge in [0.05, 0.1) is 12.5 Å². The van der Waals surface area contributed by atoms with Gasteiger partial charge in [0.15, 0.2) is 0 Å². The molecule has 16 heavy (non-hydrogen) atoms. The number of esters is 1. The Balaban J connectivity index is 1.98. The highest BCUT2D eigenvalue weighted by Gasteiger charge is 2.36. The summed E-state index contributed by atoms with van der Waals surface area (Å²) in [5.41, 5.74) is 0. The molecule has 0 amide bonds. The lowest BCUT2D eigenvalue weighted by Crippen LogP contribution is -2.44. The summed E-state index contributed by atoms with van der Waals surface area (Å²) in [7, 11) is 0. The molecule has 1 saturated carbocycles. The van der Waals surface area contributed by atoms with Crippen LogP contribution < -0.4 is 0 Å². The monoisotopic (exact) mass is 225 g/mol. The Hall–Kier alpha value is -0.570. The number of nitrogens with zero attached hydrogens (tertiary/aromatic N) is 1. The second kappa shape index (κ2) is 5.67. The van der Waals surface area contributed by atoms with E-state index in [4.69, 9.17) is 4.74 Å². The first kappa shape index (κ1) is 11.9. The van der Waals surface area contributed by atoms with E-state index >= 15 is 0 Å². The molecular weight excluding hydrogens is 202 g/mol. The standard InChI is InChI=1S/C13H23NO2/c1-2-16-13(15)11-7-3-4-8-12(11)14-9-5-6-10-14/h11-12H,2-10H2,1H3. The van der Waals surface area contributed by atoms with Crippen molar-refractivity contribution >= 4 is 5.97 Å². The average molecular weight is 225 g/mol. The highest BCUT2D eigenvalue weighted by atomic mass is 16.5. The van der Waals surface area contributed by atoms with Crippen LogP contribution in [0.4, 0.5) is 0 Å². The fourth-order valence-electron chi connectivity index (χ4n) is 3.15. The first-order valence-electron chi connectivity index (χ1n) is 6.73. The van der Waals surface area contributed by atoms with Gasteiger partial charge >= 0.3 is 5.97 Å². The normalized spacial score (nSPS) is 31.6. The molecule has 3 nitrogen and oxygen atoms in total. The van der Waals surface area contributed by atoms with Gasteiger partial charge in [-0.3, -0.25) is 9.69 Å². The third-order valence-corrected chi connectivity index (χ3v) is 3.93. The molecule has 1 aliphatic carbocycles. The van der Waals surface area contributed by atoms with Crippen molar-refractivity contribution in [1.29, 1.82) is 0 Å². The van der Waals surface area contributed by atoms with E-state index in [0.717, 1.165) is 6.42 Å². The summed E-state index contributed by atoms with van der Waals surface area (Å²) in [6.45, 7) is 4.77. The van der Waals surface area contributed by atoms with Crippen molar-refractivity contribution < 1.29 is 9.53 Å². The summed E-state index contributed by atoms with van der Waals surface area (Å²) in [6, 6.07) is 0.468. The minimum absolute atomic E-state index is 0.0408. The van der Waals surface area contributed by atoms with Crippen molar-refractivity contribution in [1.82, 2.24) is 4.90 Å². The summed E-state index contributed by atoms with van der Waals surface area (Å²) in [5.74, 6) is 0.186. The van der Waals surface area contributed by atoms with E-state index in [0.29, 0.717) is 12.6 Å². The number of likely N-dealkylation sites (tertiary alicyclic amines) is 1. The van der Waals surface area contributed by atoms with E-state index in [2.05, 4.69) is 4.90 Å². The zero-order chi connectivity index (χ0) is 11.4. The number of rotatable bonds is 3. The smallest absolute Gasteiger partial charge is 0.310 e. The molecule has 0 radical (unpaired) electrons.